The fraction of sp³-hybridized carbons (Fsp3) is 0.500. The van der Waals surface area contributed by atoms with E-state index in [2.05, 4.69) is 21.2 Å². The Morgan fingerprint density at radius 1 is 1.40 bits per heavy atom. The second-order valence-corrected chi connectivity index (χ2v) is 5.80. The lowest BCUT2D eigenvalue weighted by atomic mass is 10.2. The van der Waals surface area contributed by atoms with Crippen molar-refractivity contribution in [3.8, 4) is 5.75 Å². The Kier molecular flexibility index (Phi) is 4.88. The van der Waals surface area contributed by atoms with Crippen LogP contribution in [0.15, 0.2) is 22.7 Å². The lowest BCUT2D eigenvalue weighted by Crippen LogP contribution is -2.49. The van der Waals surface area contributed by atoms with Gasteiger partial charge in [-0.15, -0.1) is 0 Å². The number of nitrogens with one attached hydrogen (secondary N) is 1. The smallest absolute Gasteiger partial charge is 0.322 e. The molecule has 1 aromatic rings. The summed E-state index contributed by atoms with van der Waals surface area (Å²) in [7, 11) is 1.61. The fourth-order valence-electron chi connectivity index (χ4n) is 2.29. The van der Waals surface area contributed by atoms with Crippen molar-refractivity contribution in [3.63, 3.8) is 0 Å². The molecule has 0 aliphatic carbocycles. The quantitative estimate of drug-likeness (QED) is 0.898. The third kappa shape index (κ3) is 3.64. The molecule has 1 fully saturated rings. The summed E-state index contributed by atoms with van der Waals surface area (Å²) in [4.78, 5) is 14.0. The van der Waals surface area contributed by atoms with E-state index in [1.807, 2.05) is 32.0 Å². The summed E-state index contributed by atoms with van der Waals surface area (Å²) in [5.41, 5.74) is 0.731. The maximum Gasteiger partial charge on any atom is 0.322 e. The molecule has 1 aromatic carbocycles. The third-order valence-electron chi connectivity index (χ3n) is 3.11. The first-order chi connectivity index (χ1) is 9.49. The van der Waals surface area contributed by atoms with Gasteiger partial charge in [0.25, 0.3) is 0 Å². The number of halogens is 1. The molecule has 1 N–H and O–H groups in total. The van der Waals surface area contributed by atoms with Crippen LogP contribution in [0.4, 0.5) is 10.5 Å². The van der Waals surface area contributed by atoms with Crippen LogP contribution in [-0.4, -0.2) is 43.3 Å². The summed E-state index contributed by atoms with van der Waals surface area (Å²) >= 11 is 3.40. The van der Waals surface area contributed by atoms with Crippen LogP contribution in [0.1, 0.15) is 13.8 Å². The number of amides is 2. The zero-order valence-corrected chi connectivity index (χ0v) is 13.4. The minimum Gasteiger partial charge on any atom is -0.496 e. The van der Waals surface area contributed by atoms with Crippen LogP contribution in [-0.2, 0) is 4.74 Å². The molecule has 1 heterocycles. The molecule has 5 nitrogen and oxygen atoms in total. The summed E-state index contributed by atoms with van der Waals surface area (Å²) in [6.45, 7) is 5.15. The van der Waals surface area contributed by atoms with Gasteiger partial charge in [-0.1, -0.05) is 0 Å². The lowest BCUT2D eigenvalue weighted by molar-refractivity contribution is -0.0530. The van der Waals surface area contributed by atoms with E-state index in [-0.39, 0.29) is 18.2 Å². The highest BCUT2D eigenvalue weighted by molar-refractivity contribution is 9.10. The molecule has 2 unspecified atom stereocenters. The van der Waals surface area contributed by atoms with Crippen molar-refractivity contribution in [1.29, 1.82) is 0 Å². The Hall–Kier alpha value is -1.27. The standard InChI is InChI=1S/C14H19BrN2O3/c1-9-7-17(8-10(2)20-9)14(18)16-11-4-5-13(19-3)12(15)6-11/h4-6,9-10H,7-8H2,1-3H3,(H,16,18). The van der Waals surface area contributed by atoms with E-state index in [4.69, 9.17) is 9.47 Å². The molecule has 0 radical (unpaired) electrons. The molecule has 6 heteroatoms. The van der Waals surface area contributed by atoms with Gasteiger partial charge in [0.1, 0.15) is 5.75 Å². The van der Waals surface area contributed by atoms with E-state index in [0.29, 0.717) is 13.1 Å². The Labute approximate surface area is 127 Å². The molecule has 2 atom stereocenters. The molecule has 2 amide bonds. The monoisotopic (exact) mass is 342 g/mol. The maximum atomic E-state index is 12.2. The van der Waals surface area contributed by atoms with Gasteiger partial charge in [-0.3, -0.25) is 0 Å². The molecule has 0 spiro atoms. The Morgan fingerprint density at radius 2 is 2.05 bits per heavy atom. The van der Waals surface area contributed by atoms with Crippen LogP contribution in [0.3, 0.4) is 0 Å². The molecule has 1 aliphatic rings. The predicted octanol–water partition coefficient (Wildman–Crippen LogP) is 3.10. The van der Waals surface area contributed by atoms with Crippen molar-refractivity contribution in [1.82, 2.24) is 4.90 Å². The number of morpholine rings is 1. The minimum atomic E-state index is -0.107. The number of urea groups is 1. The summed E-state index contributed by atoms with van der Waals surface area (Å²) in [5.74, 6) is 0.733. The number of carbonyl (C=O) groups excluding carboxylic acids is 1. The summed E-state index contributed by atoms with van der Waals surface area (Å²) < 4.78 is 11.6. The first-order valence-corrected chi connectivity index (χ1v) is 7.34. The third-order valence-corrected chi connectivity index (χ3v) is 3.73. The second kappa shape index (κ2) is 6.45. The van der Waals surface area contributed by atoms with Crippen LogP contribution < -0.4 is 10.1 Å². The van der Waals surface area contributed by atoms with Crippen LogP contribution in [0.25, 0.3) is 0 Å². The number of hydrogen-bond donors (Lipinski definition) is 1. The van der Waals surface area contributed by atoms with Crippen molar-refractivity contribution in [2.75, 3.05) is 25.5 Å². The molecule has 0 aromatic heterocycles. The number of anilines is 1. The first-order valence-electron chi connectivity index (χ1n) is 6.54. The number of nitrogens with zero attached hydrogens (tertiary/aromatic N) is 1. The topological polar surface area (TPSA) is 50.8 Å². The van der Waals surface area contributed by atoms with E-state index in [0.717, 1.165) is 15.9 Å². The minimum absolute atomic E-state index is 0.0621. The molecular weight excluding hydrogens is 324 g/mol. The van der Waals surface area contributed by atoms with E-state index in [1.54, 1.807) is 12.0 Å². The van der Waals surface area contributed by atoms with Gasteiger partial charge < -0.3 is 19.7 Å². The van der Waals surface area contributed by atoms with Gasteiger partial charge in [-0.2, -0.15) is 0 Å². The van der Waals surface area contributed by atoms with Gasteiger partial charge in [-0.05, 0) is 48.0 Å². The van der Waals surface area contributed by atoms with Crippen molar-refractivity contribution in [2.45, 2.75) is 26.1 Å². The van der Waals surface area contributed by atoms with Gasteiger partial charge in [0.05, 0.1) is 23.8 Å². The van der Waals surface area contributed by atoms with Gasteiger partial charge in [0, 0.05) is 18.8 Å². The second-order valence-electron chi connectivity index (χ2n) is 4.94. The molecule has 1 saturated heterocycles. The summed E-state index contributed by atoms with van der Waals surface area (Å²) in [6.07, 6.45) is 0.124. The van der Waals surface area contributed by atoms with Crippen LogP contribution in [0.5, 0.6) is 5.75 Å². The predicted molar refractivity (Wildman–Crippen MR) is 81.3 cm³/mol. The first kappa shape index (κ1) is 15.1. The van der Waals surface area contributed by atoms with Crippen molar-refractivity contribution < 1.29 is 14.3 Å². The largest absolute Gasteiger partial charge is 0.496 e. The lowest BCUT2D eigenvalue weighted by Gasteiger charge is -2.35. The van der Waals surface area contributed by atoms with Gasteiger partial charge in [0.15, 0.2) is 0 Å². The SMILES string of the molecule is COc1ccc(NC(=O)N2CC(C)OC(C)C2)cc1Br. The van der Waals surface area contributed by atoms with Crippen molar-refractivity contribution in [2.24, 2.45) is 0 Å². The Bertz CT molecular complexity index is 485. The number of hydrogen-bond acceptors (Lipinski definition) is 3. The van der Waals surface area contributed by atoms with E-state index >= 15 is 0 Å². The Morgan fingerprint density at radius 3 is 2.60 bits per heavy atom. The van der Waals surface area contributed by atoms with E-state index in [1.165, 1.54) is 0 Å². The highest BCUT2D eigenvalue weighted by Crippen LogP contribution is 2.28. The fourth-order valence-corrected chi connectivity index (χ4v) is 2.83. The van der Waals surface area contributed by atoms with Gasteiger partial charge >= 0.3 is 6.03 Å². The average Bonchev–Trinajstić information content (AvgIpc) is 2.37. The van der Waals surface area contributed by atoms with Gasteiger partial charge in [0.2, 0.25) is 0 Å². The molecule has 110 valence electrons. The molecule has 2 rings (SSSR count). The average molecular weight is 343 g/mol. The molecule has 0 bridgehead atoms. The number of ether oxygens (including phenoxy) is 2. The Balaban J connectivity index is 2.02. The number of benzene rings is 1. The van der Waals surface area contributed by atoms with E-state index < -0.39 is 0 Å². The van der Waals surface area contributed by atoms with Crippen LogP contribution in [0, 0.1) is 0 Å². The highest BCUT2D eigenvalue weighted by atomic mass is 79.9. The zero-order valence-electron chi connectivity index (χ0n) is 11.9. The molecular formula is C14H19BrN2O3. The normalized spacial score (nSPS) is 22.5. The van der Waals surface area contributed by atoms with Gasteiger partial charge in [-0.25, -0.2) is 4.79 Å². The molecule has 1 aliphatic heterocycles. The summed E-state index contributed by atoms with van der Waals surface area (Å²) in [6, 6.07) is 5.34. The van der Waals surface area contributed by atoms with E-state index in [9.17, 15) is 4.79 Å². The summed E-state index contributed by atoms with van der Waals surface area (Å²) in [5, 5.41) is 2.89. The number of methoxy groups -OCH3 is 1. The van der Waals surface area contributed by atoms with Crippen molar-refractivity contribution >= 4 is 27.6 Å². The molecule has 0 saturated carbocycles. The number of carbonyl (C=O) groups is 1. The molecule has 20 heavy (non-hydrogen) atoms. The van der Waals surface area contributed by atoms with Crippen LogP contribution >= 0.6 is 15.9 Å². The van der Waals surface area contributed by atoms with Crippen LogP contribution in [0.2, 0.25) is 0 Å². The highest BCUT2D eigenvalue weighted by Gasteiger charge is 2.25. The zero-order chi connectivity index (χ0) is 14.7. The number of rotatable bonds is 2. The maximum absolute atomic E-state index is 12.2. The van der Waals surface area contributed by atoms with Crippen molar-refractivity contribution in [3.05, 3.63) is 22.7 Å².